The maximum absolute atomic E-state index is 11.6. The van der Waals surface area contributed by atoms with Crippen LogP contribution in [0, 0.1) is 5.92 Å². The van der Waals surface area contributed by atoms with E-state index in [4.69, 9.17) is 4.74 Å². The Morgan fingerprint density at radius 2 is 2.36 bits per heavy atom. The number of hydrogen-bond donors (Lipinski definition) is 1. The van der Waals surface area contributed by atoms with E-state index < -0.39 is 5.60 Å². The van der Waals surface area contributed by atoms with Crippen molar-refractivity contribution in [3.05, 3.63) is 11.6 Å². The largest absolute Gasteiger partial charge is 0.382 e. The van der Waals surface area contributed by atoms with Crippen LogP contribution in [0.3, 0.4) is 0 Å². The normalized spacial score (nSPS) is 46.1. The van der Waals surface area contributed by atoms with Crippen molar-refractivity contribution in [2.24, 2.45) is 5.92 Å². The van der Waals surface area contributed by atoms with E-state index in [0.29, 0.717) is 19.3 Å². The van der Waals surface area contributed by atoms with Gasteiger partial charge in [0.1, 0.15) is 5.60 Å². The third-order valence-electron chi connectivity index (χ3n) is 3.72. The Morgan fingerprint density at radius 3 is 3.21 bits per heavy atom. The number of carbonyl (C=O) groups excluding carboxylic acids is 1. The first kappa shape index (κ1) is 8.62. The molecule has 3 aliphatic rings. The van der Waals surface area contributed by atoms with Crippen LogP contribution in [0.5, 0.6) is 0 Å². The third-order valence-corrected chi connectivity index (χ3v) is 3.72. The van der Waals surface area contributed by atoms with Crippen LogP contribution < -0.4 is 0 Å². The SMILES string of the molecule is O=C1C[C@@H]2C[C@@]1(O)C[C@H]1OCCC=C21. The van der Waals surface area contributed by atoms with Crippen LogP contribution in [0.25, 0.3) is 0 Å². The van der Waals surface area contributed by atoms with Gasteiger partial charge >= 0.3 is 0 Å². The van der Waals surface area contributed by atoms with Crippen molar-refractivity contribution in [2.45, 2.75) is 37.4 Å². The Balaban J connectivity index is 1.99. The molecule has 0 saturated heterocycles. The number of aliphatic hydroxyl groups is 1. The summed E-state index contributed by atoms with van der Waals surface area (Å²) in [6, 6.07) is 0. The van der Waals surface area contributed by atoms with Crippen LogP contribution >= 0.6 is 0 Å². The molecule has 0 spiro atoms. The maximum atomic E-state index is 11.6. The minimum atomic E-state index is -1.07. The first-order valence-electron chi connectivity index (χ1n) is 5.26. The zero-order valence-corrected chi connectivity index (χ0v) is 8.03. The average molecular weight is 194 g/mol. The van der Waals surface area contributed by atoms with Crippen molar-refractivity contribution in [1.82, 2.24) is 0 Å². The number of carbonyl (C=O) groups is 1. The third kappa shape index (κ3) is 1.03. The quantitative estimate of drug-likeness (QED) is 0.581. The first-order chi connectivity index (χ1) is 6.69. The van der Waals surface area contributed by atoms with E-state index in [-0.39, 0.29) is 17.8 Å². The van der Waals surface area contributed by atoms with Gasteiger partial charge in [-0.1, -0.05) is 6.08 Å². The fourth-order valence-electron chi connectivity index (χ4n) is 3.02. The minimum Gasteiger partial charge on any atom is -0.382 e. The molecule has 0 aromatic rings. The van der Waals surface area contributed by atoms with Crippen molar-refractivity contribution >= 4 is 5.78 Å². The van der Waals surface area contributed by atoms with Gasteiger partial charge < -0.3 is 9.84 Å². The highest BCUT2D eigenvalue weighted by Gasteiger charge is 2.53. The summed E-state index contributed by atoms with van der Waals surface area (Å²) in [6.45, 7) is 0.727. The summed E-state index contributed by atoms with van der Waals surface area (Å²) in [5.74, 6) is 0.271. The monoisotopic (exact) mass is 194 g/mol. The van der Waals surface area contributed by atoms with Gasteiger partial charge in [-0.15, -0.1) is 0 Å². The lowest BCUT2D eigenvalue weighted by molar-refractivity contribution is -0.137. The summed E-state index contributed by atoms with van der Waals surface area (Å²) < 4.78 is 5.60. The molecular weight excluding hydrogens is 180 g/mol. The van der Waals surface area contributed by atoms with Crippen molar-refractivity contribution in [1.29, 1.82) is 0 Å². The van der Waals surface area contributed by atoms with Gasteiger partial charge in [-0.25, -0.2) is 0 Å². The van der Waals surface area contributed by atoms with E-state index in [2.05, 4.69) is 6.08 Å². The predicted octanol–water partition coefficient (Wildman–Crippen LogP) is 0.816. The highest BCUT2D eigenvalue weighted by Crippen LogP contribution is 2.47. The average Bonchev–Trinajstić information content (AvgIpc) is 2.39. The number of Topliss-reactive ketones (excluding diaryl/α,β-unsaturated/α-hetero) is 1. The van der Waals surface area contributed by atoms with Gasteiger partial charge in [0.05, 0.1) is 12.7 Å². The number of ether oxygens (including phenoxy) is 1. The molecule has 14 heavy (non-hydrogen) atoms. The molecule has 3 heteroatoms. The second-order valence-corrected chi connectivity index (χ2v) is 4.62. The Bertz CT molecular complexity index is 320. The molecule has 0 unspecified atom stereocenters. The van der Waals surface area contributed by atoms with Crippen LogP contribution in [0.2, 0.25) is 0 Å². The van der Waals surface area contributed by atoms with E-state index in [1.54, 1.807) is 0 Å². The molecule has 0 radical (unpaired) electrons. The highest BCUT2D eigenvalue weighted by atomic mass is 16.5. The lowest BCUT2D eigenvalue weighted by Crippen LogP contribution is -2.42. The van der Waals surface area contributed by atoms with Gasteiger partial charge in [-0.2, -0.15) is 0 Å². The maximum Gasteiger partial charge on any atom is 0.165 e. The van der Waals surface area contributed by atoms with Gasteiger partial charge in [0, 0.05) is 12.8 Å². The zero-order valence-electron chi connectivity index (χ0n) is 8.03. The molecule has 76 valence electrons. The summed E-state index contributed by atoms with van der Waals surface area (Å²) in [6.07, 6.45) is 4.79. The molecule has 2 aliphatic carbocycles. The topological polar surface area (TPSA) is 46.5 Å². The Labute approximate surface area is 82.8 Å². The molecule has 2 bridgehead atoms. The molecular formula is C11H14O3. The molecule has 0 amide bonds. The minimum absolute atomic E-state index is 0.0129. The molecule has 3 rings (SSSR count). The van der Waals surface area contributed by atoms with Crippen LogP contribution in [-0.4, -0.2) is 29.2 Å². The number of ketones is 1. The Morgan fingerprint density at radius 1 is 1.50 bits per heavy atom. The fourth-order valence-corrected chi connectivity index (χ4v) is 3.02. The standard InChI is InChI=1S/C11H14O3/c12-10-4-7-5-11(10,13)6-9-8(7)2-1-3-14-9/h2,7,9,13H,1,3-6H2/t7-,9-,11-/m1/s1. The van der Waals surface area contributed by atoms with E-state index in [0.717, 1.165) is 13.0 Å². The van der Waals surface area contributed by atoms with Gasteiger partial charge in [0.2, 0.25) is 0 Å². The van der Waals surface area contributed by atoms with Gasteiger partial charge in [-0.05, 0) is 24.3 Å². The van der Waals surface area contributed by atoms with Gasteiger partial charge in [-0.3, -0.25) is 4.79 Å². The predicted molar refractivity (Wildman–Crippen MR) is 49.7 cm³/mol. The van der Waals surface area contributed by atoms with Crippen LogP contribution in [0.15, 0.2) is 11.6 Å². The lowest BCUT2D eigenvalue weighted by Gasteiger charge is -2.36. The van der Waals surface area contributed by atoms with E-state index in [1.807, 2.05) is 0 Å². The van der Waals surface area contributed by atoms with Gasteiger partial charge in [0.25, 0.3) is 0 Å². The first-order valence-corrected chi connectivity index (χ1v) is 5.26. The molecule has 0 aromatic heterocycles. The molecule has 3 nitrogen and oxygen atoms in total. The molecule has 0 aromatic carbocycles. The lowest BCUT2D eigenvalue weighted by atomic mass is 9.78. The Hall–Kier alpha value is -0.670. The van der Waals surface area contributed by atoms with Crippen LogP contribution in [-0.2, 0) is 9.53 Å². The smallest absolute Gasteiger partial charge is 0.165 e. The second kappa shape index (κ2) is 2.67. The number of fused-ring (bicyclic) bond motifs is 4. The fraction of sp³-hybridized carbons (Fsp3) is 0.727. The summed E-state index contributed by atoms with van der Waals surface area (Å²) in [5, 5.41) is 10.1. The zero-order chi connectivity index (χ0) is 9.76. The molecule has 3 atom stereocenters. The highest BCUT2D eigenvalue weighted by molar-refractivity contribution is 5.90. The molecule has 2 fully saturated rings. The van der Waals surface area contributed by atoms with Gasteiger partial charge in [0.15, 0.2) is 5.78 Å². The van der Waals surface area contributed by atoms with E-state index >= 15 is 0 Å². The summed E-state index contributed by atoms with van der Waals surface area (Å²) in [4.78, 5) is 11.6. The Kier molecular flexibility index (Phi) is 1.65. The molecule has 1 N–H and O–H groups in total. The molecule has 1 heterocycles. The van der Waals surface area contributed by atoms with Crippen molar-refractivity contribution in [3.8, 4) is 0 Å². The molecule has 2 saturated carbocycles. The summed E-state index contributed by atoms with van der Waals surface area (Å²) in [5.41, 5.74) is 0.205. The van der Waals surface area contributed by atoms with Crippen molar-refractivity contribution < 1.29 is 14.6 Å². The van der Waals surface area contributed by atoms with Crippen LogP contribution in [0.4, 0.5) is 0 Å². The van der Waals surface area contributed by atoms with Crippen molar-refractivity contribution in [3.63, 3.8) is 0 Å². The summed E-state index contributed by atoms with van der Waals surface area (Å²) in [7, 11) is 0. The van der Waals surface area contributed by atoms with E-state index in [1.165, 1.54) is 5.57 Å². The van der Waals surface area contributed by atoms with Crippen molar-refractivity contribution in [2.75, 3.05) is 6.61 Å². The number of hydrogen-bond acceptors (Lipinski definition) is 3. The van der Waals surface area contributed by atoms with Crippen LogP contribution in [0.1, 0.15) is 25.7 Å². The van der Waals surface area contributed by atoms with E-state index in [9.17, 15) is 9.90 Å². The summed E-state index contributed by atoms with van der Waals surface area (Å²) >= 11 is 0. The molecule has 1 aliphatic heterocycles. The number of rotatable bonds is 0. The second-order valence-electron chi connectivity index (χ2n) is 4.62.